The second-order valence-electron chi connectivity index (χ2n) is 9.52. The predicted molar refractivity (Wildman–Crippen MR) is 118 cm³/mol. The Hall–Kier alpha value is -2.77. The van der Waals surface area contributed by atoms with Crippen molar-refractivity contribution < 1.29 is 14.3 Å². The highest BCUT2D eigenvalue weighted by Gasteiger charge is 2.33. The number of likely N-dealkylation sites (tertiary alicyclic amines) is 1. The number of amides is 1. The lowest BCUT2D eigenvalue weighted by Gasteiger charge is -2.41. The van der Waals surface area contributed by atoms with Crippen LogP contribution < -0.4 is 10.7 Å². The molecular weight excluding hydrogens is 395 g/mol. The quantitative estimate of drug-likeness (QED) is 0.690. The summed E-state index contributed by atoms with van der Waals surface area (Å²) in [5.74, 6) is -0.799. The molecule has 0 radical (unpaired) electrons. The molecule has 7 heteroatoms. The number of hydrogen-bond donors (Lipinski definition) is 3. The molecule has 0 spiro atoms. The Balaban J connectivity index is 1.44. The maximum absolute atomic E-state index is 14.5. The van der Waals surface area contributed by atoms with Crippen molar-refractivity contribution in [1.29, 1.82) is 0 Å². The first kappa shape index (κ1) is 21.5. The van der Waals surface area contributed by atoms with Gasteiger partial charge in [0.1, 0.15) is 5.82 Å². The maximum Gasteiger partial charge on any atom is 0.256 e. The number of halogens is 1. The Labute approximate surface area is 182 Å². The average molecular weight is 425 g/mol. The Morgan fingerprint density at radius 2 is 2.00 bits per heavy atom. The number of aliphatic hydroxyl groups is 1. The molecule has 2 aromatic rings. The molecule has 0 bridgehead atoms. The SMILES string of the molecule is CC(C)(C)CNC1CN(C(=O)c2cc(CC3=NNC(O)c4ccccc43)ccc2F)C1. The molecule has 1 amide bonds. The summed E-state index contributed by atoms with van der Waals surface area (Å²) in [4.78, 5) is 14.5. The molecule has 1 atom stereocenters. The number of rotatable bonds is 5. The topological polar surface area (TPSA) is 77.0 Å². The van der Waals surface area contributed by atoms with Crippen molar-refractivity contribution in [3.8, 4) is 0 Å². The first-order chi connectivity index (χ1) is 14.7. The van der Waals surface area contributed by atoms with E-state index in [4.69, 9.17) is 0 Å². The second kappa shape index (κ2) is 8.40. The molecule has 0 saturated carbocycles. The molecule has 164 valence electrons. The van der Waals surface area contributed by atoms with E-state index in [0.29, 0.717) is 19.5 Å². The van der Waals surface area contributed by atoms with E-state index >= 15 is 0 Å². The average Bonchev–Trinajstić information content (AvgIpc) is 2.69. The van der Waals surface area contributed by atoms with Gasteiger partial charge in [-0.15, -0.1) is 0 Å². The first-order valence-electron chi connectivity index (χ1n) is 10.6. The summed E-state index contributed by atoms with van der Waals surface area (Å²) in [5.41, 5.74) is 6.10. The molecule has 1 unspecified atom stereocenters. The number of fused-ring (bicyclic) bond motifs is 1. The van der Waals surface area contributed by atoms with Crippen molar-refractivity contribution in [2.24, 2.45) is 10.5 Å². The second-order valence-corrected chi connectivity index (χ2v) is 9.52. The number of nitrogens with zero attached hydrogens (tertiary/aromatic N) is 2. The predicted octanol–water partition coefficient (Wildman–Crippen LogP) is 2.83. The number of benzene rings is 2. The fraction of sp³-hybridized carbons (Fsp3) is 0.417. The van der Waals surface area contributed by atoms with Gasteiger partial charge in [-0.1, -0.05) is 51.1 Å². The van der Waals surface area contributed by atoms with Crippen molar-refractivity contribution >= 4 is 11.6 Å². The number of hydrazone groups is 1. The lowest BCUT2D eigenvalue weighted by Crippen LogP contribution is -2.60. The maximum atomic E-state index is 14.5. The molecule has 1 fully saturated rings. The summed E-state index contributed by atoms with van der Waals surface area (Å²) in [7, 11) is 0. The van der Waals surface area contributed by atoms with E-state index in [1.807, 2.05) is 24.3 Å². The molecule has 2 heterocycles. The van der Waals surface area contributed by atoms with Gasteiger partial charge in [0.2, 0.25) is 0 Å². The molecule has 6 nitrogen and oxygen atoms in total. The molecule has 1 saturated heterocycles. The summed E-state index contributed by atoms with van der Waals surface area (Å²) in [5, 5.41) is 17.8. The minimum atomic E-state index is -0.850. The fourth-order valence-corrected chi connectivity index (χ4v) is 3.84. The smallest absolute Gasteiger partial charge is 0.256 e. The summed E-state index contributed by atoms with van der Waals surface area (Å²) < 4.78 is 14.5. The van der Waals surface area contributed by atoms with Crippen LogP contribution in [0.15, 0.2) is 47.6 Å². The van der Waals surface area contributed by atoms with Gasteiger partial charge in [-0.25, -0.2) is 4.39 Å². The molecule has 3 N–H and O–H groups in total. The van der Waals surface area contributed by atoms with Gasteiger partial charge in [0, 0.05) is 43.2 Å². The zero-order chi connectivity index (χ0) is 22.2. The molecule has 31 heavy (non-hydrogen) atoms. The van der Waals surface area contributed by atoms with Gasteiger partial charge in [-0.05, 0) is 23.1 Å². The van der Waals surface area contributed by atoms with Crippen molar-refractivity contribution in [2.75, 3.05) is 19.6 Å². The standard InChI is InChI=1S/C24H29FN4O2/c1-24(2,3)14-26-16-12-29(13-16)23(31)19-10-15(8-9-20(19)25)11-21-17-6-4-5-7-18(17)22(30)28-27-21/h4-10,16,22,26,28,30H,11-14H2,1-3H3. The van der Waals surface area contributed by atoms with E-state index in [1.54, 1.807) is 17.0 Å². The van der Waals surface area contributed by atoms with Crippen LogP contribution in [-0.2, 0) is 6.42 Å². The van der Waals surface area contributed by atoms with E-state index in [0.717, 1.165) is 28.9 Å². The van der Waals surface area contributed by atoms with E-state index in [2.05, 4.69) is 36.6 Å². The minimum absolute atomic E-state index is 0.0875. The molecule has 0 aliphatic carbocycles. The number of aliphatic hydroxyl groups excluding tert-OH is 1. The molecular formula is C24H29FN4O2. The lowest BCUT2D eigenvalue weighted by molar-refractivity contribution is 0.0552. The zero-order valence-corrected chi connectivity index (χ0v) is 18.2. The van der Waals surface area contributed by atoms with Crippen molar-refractivity contribution in [2.45, 2.75) is 39.5 Å². The lowest BCUT2D eigenvalue weighted by atomic mass is 9.94. The van der Waals surface area contributed by atoms with E-state index < -0.39 is 12.0 Å². The van der Waals surface area contributed by atoms with Crippen LogP contribution in [0.25, 0.3) is 0 Å². The summed E-state index contributed by atoms with van der Waals surface area (Å²) >= 11 is 0. The third kappa shape index (κ3) is 4.78. The minimum Gasteiger partial charge on any atom is -0.368 e. The van der Waals surface area contributed by atoms with Gasteiger partial charge >= 0.3 is 0 Å². The van der Waals surface area contributed by atoms with Crippen LogP contribution in [0, 0.1) is 11.2 Å². The molecule has 4 rings (SSSR count). The number of carbonyl (C=O) groups is 1. The van der Waals surface area contributed by atoms with Crippen molar-refractivity contribution in [3.63, 3.8) is 0 Å². The summed E-state index contributed by atoms with van der Waals surface area (Å²) in [6, 6.07) is 12.4. The Morgan fingerprint density at radius 3 is 2.74 bits per heavy atom. The van der Waals surface area contributed by atoms with Crippen LogP contribution in [-0.4, -0.2) is 47.3 Å². The van der Waals surface area contributed by atoms with Gasteiger partial charge in [0.05, 0.1) is 11.3 Å². The Kier molecular flexibility index (Phi) is 5.81. The fourth-order valence-electron chi connectivity index (χ4n) is 3.84. The van der Waals surface area contributed by atoms with Crippen LogP contribution >= 0.6 is 0 Å². The van der Waals surface area contributed by atoms with E-state index in [-0.39, 0.29) is 22.9 Å². The van der Waals surface area contributed by atoms with Crippen molar-refractivity contribution in [1.82, 2.24) is 15.6 Å². The molecule has 2 aromatic carbocycles. The van der Waals surface area contributed by atoms with E-state index in [9.17, 15) is 14.3 Å². The number of carbonyl (C=O) groups excluding carboxylic acids is 1. The highest BCUT2D eigenvalue weighted by atomic mass is 19.1. The normalized spacial score (nSPS) is 18.7. The molecule has 2 aliphatic heterocycles. The Morgan fingerprint density at radius 1 is 1.26 bits per heavy atom. The largest absolute Gasteiger partial charge is 0.368 e. The van der Waals surface area contributed by atoms with E-state index in [1.165, 1.54) is 6.07 Å². The third-order valence-electron chi connectivity index (χ3n) is 5.61. The zero-order valence-electron chi connectivity index (χ0n) is 18.2. The van der Waals surface area contributed by atoms with Crippen molar-refractivity contribution in [3.05, 3.63) is 70.5 Å². The van der Waals surface area contributed by atoms with Gasteiger partial charge < -0.3 is 15.3 Å². The van der Waals surface area contributed by atoms with Crippen LogP contribution in [0.3, 0.4) is 0 Å². The Bertz CT molecular complexity index is 1010. The van der Waals surface area contributed by atoms with Gasteiger partial charge in [-0.2, -0.15) is 5.10 Å². The van der Waals surface area contributed by atoms with Gasteiger partial charge in [0.15, 0.2) is 6.23 Å². The van der Waals surface area contributed by atoms with Crippen LogP contribution in [0.2, 0.25) is 0 Å². The first-order valence-corrected chi connectivity index (χ1v) is 10.6. The molecule has 0 aromatic heterocycles. The highest BCUT2D eigenvalue weighted by Crippen LogP contribution is 2.24. The van der Waals surface area contributed by atoms with Gasteiger partial charge in [-0.3, -0.25) is 10.2 Å². The van der Waals surface area contributed by atoms with Crippen LogP contribution in [0.4, 0.5) is 4.39 Å². The third-order valence-corrected chi connectivity index (χ3v) is 5.61. The van der Waals surface area contributed by atoms with Crippen LogP contribution in [0.1, 0.15) is 54.0 Å². The highest BCUT2D eigenvalue weighted by molar-refractivity contribution is 6.04. The number of nitrogens with one attached hydrogen (secondary N) is 2. The summed E-state index contributed by atoms with van der Waals surface area (Å²) in [6.07, 6.45) is -0.427. The molecule has 2 aliphatic rings. The van der Waals surface area contributed by atoms with Gasteiger partial charge in [0.25, 0.3) is 5.91 Å². The number of hydrogen-bond acceptors (Lipinski definition) is 5. The monoisotopic (exact) mass is 424 g/mol. The van der Waals surface area contributed by atoms with Crippen LogP contribution in [0.5, 0.6) is 0 Å². The summed E-state index contributed by atoms with van der Waals surface area (Å²) in [6.45, 7) is 8.52.